The summed E-state index contributed by atoms with van der Waals surface area (Å²) >= 11 is 0. The number of hydrogen-bond acceptors (Lipinski definition) is 4. The number of rotatable bonds is 6. The highest BCUT2D eigenvalue weighted by Gasteiger charge is 2.21. The molecule has 126 valence electrons. The van der Waals surface area contributed by atoms with Gasteiger partial charge in [0.25, 0.3) is 0 Å². The highest BCUT2D eigenvalue weighted by atomic mass is 16.5. The van der Waals surface area contributed by atoms with E-state index in [-0.39, 0.29) is 5.78 Å². The van der Waals surface area contributed by atoms with E-state index in [1.807, 2.05) is 24.3 Å². The molecule has 0 aliphatic heterocycles. The molecule has 1 heterocycles. The lowest BCUT2D eigenvalue weighted by Gasteiger charge is -2.02. The van der Waals surface area contributed by atoms with Crippen molar-refractivity contribution < 1.29 is 19.1 Å². The normalized spacial score (nSPS) is 10.8. The maximum Gasteiger partial charge on any atom is 0.340 e. The van der Waals surface area contributed by atoms with Crippen molar-refractivity contribution in [3.63, 3.8) is 0 Å². The Kier molecular flexibility index (Phi) is 5.58. The number of ether oxygens (including phenoxy) is 2. The maximum atomic E-state index is 12.4. The van der Waals surface area contributed by atoms with Crippen molar-refractivity contribution in [2.75, 3.05) is 13.7 Å². The predicted octanol–water partition coefficient (Wildman–Crippen LogP) is 3.71. The summed E-state index contributed by atoms with van der Waals surface area (Å²) in [5.74, 6) is 0.150. The number of nitrogens with one attached hydrogen (secondary N) is 1. The predicted molar refractivity (Wildman–Crippen MR) is 92.6 cm³/mol. The molecule has 0 amide bonds. The molecule has 24 heavy (non-hydrogen) atoms. The van der Waals surface area contributed by atoms with Crippen molar-refractivity contribution >= 4 is 17.8 Å². The Labute approximate surface area is 141 Å². The van der Waals surface area contributed by atoms with E-state index >= 15 is 0 Å². The van der Waals surface area contributed by atoms with Gasteiger partial charge in [0, 0.05) is 5.69 Å². The van der Waals surface area contributed by atoms with Gasteiger partial charge in [-0.3, -0.25) is 4.79 Å². The summed E-state index contributed by atoms with van der Waals surface area (Å²) in [6.45, 7) is 5.54. The van der Waals surface area contributed by atoms with Crippen LogP contribution in [0.25, 0.3) is 6.08 Å². The highest BCUT2D eigenvalue weighted by molar-refractivity contribution is 6.08. The van der Waals surface area contributed by atoms with E-state index in [2.05, 4.69) is 4.98 Å². The third-order valence-electron chi connectivity index (χ3n) is 3.71. The van der Waals surface area contributed by atoms with Crippen LogP contribution in [0.3, 0.4) is 0 Å². The van der Waals surface area contributed by atoms with Crippen molar-refractivity contribution in [3.05, 3.63) is 58.4 Å². The summed E-state index contributed by atoms with van der Waals surface area (Å²) in [7, 11) is 1.60. The first-order valence-electron chi connectivity index (χ1n) is 7.70. The van der Waals surface area contributed by atoms with Gasteiger partial charge in [0.15, 0.2) is 0 Å². The van der Waals surface area contributed by atoms with E-state index in [1.54, 1.807) is 34.0 Å². The fraction of sp³-hybridized carbons (Fsp3) is 0.263. The van der Waals surface area contributed by atoms with Crippen LogP contribution in [0.4, 0.5) is 0 Å². The molecule has 0 radical (unpaired) electrons. The van der Waals surface area contributed by atoms with Gasteiger partial charge >= 0.3 is 5.97 Å². The van der Waals surface area contributed by atoms with Crippen LogP contribution in [0.1, 0.15) is 44.6 Å². The molecule has 0 fully saturated rings. The van der Waals surface area contributed by atoms with Crippen molar-refractivity contribution in [3.8, 4) is 5.75 Å². The van der Waals surface area contributed by atoms with Crippen LogP contribution in [0.15, 0.2) is 30.3 Å². The van der Waals surface area contributed by atoms with Gasteiger partial charge < -0.3 is 14.5 Å². The molecule has 0 aliphatic carbocycles. The molecule has 0 spiro atoms. The number of H-pyrrole nitrogens is 1. The lowest BCUT2D eigenvalue weighted by Crippen LogP contribution is -2.07. The zero-order valence-corrected chi connectivity index (χ0v) is 14.3. The summed E-state index contributed by atoms with van der Waals surface area (Å²) in [5, 5.41) is 0. The SMILES string of the molecule is CCOC(=O)c1c(C)[nH]c(C(=O)/C=C/c2ccc(OC)cc2)c1C. The van der Waals surface area contributed by atoms with Gasteiger partial charge in [-0.2, -0.15) is 0 Å². The molecule has 1 aromatic carbocycles. The van der Waals surface area contributed by atoms with Crippen molar-refractivity contribution in [2.24, 2.45) is 0 Å². The second kappa shape index (κ2) is 7.64. The minimum Gasteiger partial charge on any atom is -0.497 e. The number of aryl methyl sites for hydroxylation is 1. The second-order valence-corrected chi connectivity index (χ2v) is 5.32. The van der Waals surface area contributed by atoms with E-state index in [9.17, 15) is 9.59 Å². The fourth-order valence-corrected chi connectivity index (χ4v) is 2.48. The van der Waals surface area contributed by atoms with Gasteiger partial charge in [0.05, 0.1) is 25.0 Å². The Hall–Kier alpha value is -2.82. The van der Waals surface area contributed by atoms with Gasteiger partial charge in [-0.1, -0.05) is 18.2 Å². The van der Waals surface area contributed by atoms with E-state index < -0.39 is 5.97 Å². The van der Waals surface area contributed by atoms with Crippen LogP contribution >= 0.6 is 0 Å². The number of allylic oxidation sites excluding steroid dienone is 1. The van der Waals surface area contributed by atoms with E-state index in [4.69, 9.17) is 9.47 Å². The minimum atomic E-state index is -0.415. The first kappa shape index (κ1) is 17.5. The molecule has 2 aromatic rings. The quantitative estimate of drug-likeness (QED) is 0.499. The maximum absolute atomic E-state index is 12.4. The third-order valence-corrected chi connectivity index (χ3v) is 3.71. The number of carbonyl (C=O) groups excluding carboxylic acids is 2. The van der Waals surface area contributed by atoms with Gasteiger partial charge in [-0.05, 0) is 50.1 Å². The summed E-state index contributed by atoms with van der Waals surface area (Å²) in [6, 6.07) is 7.37. The van der Waals surface area contributed by atoms with Crippen LogP contribution in [0.5, 0.6) is 5.75 Å². The third kappa shape index (κ3) is 3.74. The standard InChI is InChI=1S/C19H21NO4/c1-5-24-19(22)17-12(2)18(20-13(17)3)16(21)11-8-14-6-9-15(23-4)10-7-14/h6-11,20H,5H2,1-4H3/b11-8+. The Bertz CT molecular complexity index is 769. The summed E-state index contributed by atoms with van der Waals surface area (Å²) in [5.41, 5.74) is 2.96. The lowest BCUT2D eigenvalue weighted by atomic mass is 10.1. The first-order valence-corrected chi connectivity index (χ1v) is 7.70. The van der Waals surface area contributed by atoms with Gasteiger partial charge in [0.2, 0.25) is 5.78 Å². The molecule has 1 N–H and O–H groups in total. The van der Waals surface area contributed by atoms with Gasteiger partial charge in [-0.25, -0.2) is 4.79 Å². The van der Waals surface area contributed by atoms with Crippen LogP contribution in [-0.4, -0.2) is 30.5 Å². The largest absolute Gasteiger partial charge is 0.497 e. The van der Waals surface area contributed by atoms with Gasteiger partial charge in [-0.15, -0.1) is 0 Å². The molecular formula is C19H21NO4. The molecule has 0 unspecified atom stereocenters. The van der Waals surface area contributed by atoms with Gasteiger partial charge in [0.1, 0.15) is 5.75 Å². The van der Waals surface area contributed by atoms with Crippen molar-refractivity contribution in [2.45, 2.75) is 20.8 Å². The summed E-state index contributed by atoms with van der Waals surface area (Å²) in [6.07, 6.45) is 3.20. The monoisotopic (exact) mass is 327 g/mol. The van der Waals surface area contributed by atoms with Crippen LogP contribution < -0.4 is 4.74 Å². The Morgan fingerprint density at radius 3 is 2.42 bits per heavy atom. The number of benzene rings is 1. The summed E-state index contributed by atoms with van der Waals surface area (Å²) in [4.78, 5) is 27.4. The second-order valence-electron chi connectivity index (χ2n) is 5.32. The summed E-state index contributed by atoms with van der Waals surface area (Å²) < 4.78 is 10.1. The van der Waals surface area contributed by atoms with Crippen LogP contribution in [-0.2, 0) is 4.74 Å². The van der Waals surface area contributed by atoms with E-state index in [0.29, 0.717) is 29.1 Å². The fourth-order valence-electron chi connectivity index (χ4n) is 2.48. The Morgan fingerprint density at radius 2 is 1.83 bits per heavy atom. The number of esters is 1. The molecule has 2 rings (SSSR count). The lowest BCUT2D eigenvalue weighted by molar-refractivity contribution is 0.0525. The molecule has 1 aromatic heterocycles. The number of ketones is 1. The molecule has 0 saturated heterocycles. The number of carbonyl (C=O) groups is 2. The Balaban J connectivity index is 2.22. The molecular weight excluding hydrogens is 306 g/mol. The van der Waals surface area contributed by atoms with Crippen molar-refractivity contribution in [1.29, 1.82) is 0 Å². The smallest absolute Gasteiger partial charge is 0.340 e. The molecule has 5 heteroatoms. The number of methoxy groups -OCH3 is 1. The Morgan fingerprint density at radius 1 is 1.17 bits per heavy atom. The number of aromatic amines is 1. The number of hydrogen-bond donors (Lipinski definition) is 1. The van der Waals surface area contributed by atoms with Crippen LogP contribution in [0, 0.1) is 13.8 Å². The molecule has 0 bridgehead atoms. The molecule has 0 saturated carbocycles. The average Bonchev–Trinajstić information content (AvgIpc) is 2.88. The molecule has 5 nitrogen and oxygen atoms in total. The van der Waals surface area contributed by atoms with Crippen LogP contribution in [0.2, 0.25) is 0 Å². The molecule has 0 aliphatic rings. The minimum absolute atomic E-state index is 0.193. The van der Waals surface area contributed by atoms with E-state index in [0.717, 1.165) is 11.3 Å². The zero-order chi connectivity index (χ0) is 17.7. The first-order chi connectivity index (χ1) is 11.5. The number of aromatic nitrogens is 1. The van der Waals surface area contributed by atoms with E-state index in [1.165, 1.54) is 6.08 Å². The zero-order valence-electron chi connectivity index (χ0n) is 14.3. The topological polar surface area (TPSA) is 68.4 Å². The average molecular weight is 327 g/mol. The molecule has 0 atom stereocenters. The highest BCUT2D eigenvalue weighted by Crippen LogP contribution is 2.20. The van der Waals surface area contributed by atoms with Crippen molar-refractivity contribution in [1.82, 2.24) is 4.98 Å².